The number of aryl methyl sites for hydroxylation is 1. The van der Waals surface area contributed by atoms with Gasteiger partial charge in [0.2, 0.25) is 0 Å². The van der Waals surface area contributed by atoms with E-state index in [4.69, 9.17) is 0 Å². The van der Waals surface area contributed by atoms with Gasteiger partial charge in [-0.2, -0.15) is 0 Å². The molecule has 1 fully saturated rings. The summed E-state index contributed by atoms with van der Waals surface area (Å²) < 4.78 is 24.3. The van der Waals surface area contributed by atoms with Crippen LogP contribution in [0.1, 0.15) is 35.8 Å². The van der Waals surface area contributed by atoms with Gasteiger partial charge in [-0.25, -0.2) is 18.4 Å². The summed E-state index contributed by atoms with van der Waals surface area (Å²) in [6.45, 7) is 4.18. The Morgan fingerprint density at radius 2 is 2.22 bits per heavy atom. The SMILES string of the molecule is Cc1csc2c(C(=O)NCC3CCS(=O)(=O)C(C)C3)ncnc12. The monoisotopic (exact) mass is 353 g/mol. The quantitative estimate of drug-likeness (QED) is 0.911. The molecule has 0 aromatic carbocycles. The highest BCUT2D eigenvalue weighted by atomic mass is 32.2. The molecular weight excluding hydrogens is 334 g/mol. The van der Waals surface area contributed by atoms with E-state index in [1.807, 2.05) is 12.3 Å². The Labute approximate surface area is 139 Å². The Morgan fingerprint density at radius 1 is 1.43 bits per heavy atom. The Bertz CT molecular complexity index is 845. The number of aromatic nitrogens is 2. The van der Waals surface area contributed by atoms with Gasteiger partial charge >= 0.3 is 0 Å². The zero-order valence-corrected chi connectivity index (χ0v) is 14.7. The maximum atomic E-state index is 12.4. The van der Waals surface area contributed by atoms with Gasteiger partial charge in [0.05, 0.1) is 21.2 Å². The van der Waals surface area contributed by atoms with Crippen LogP contribution in [0.25, 0.3) is 10.2 Å². The van der Waals surface area contributed by atoms with Crippen LogP contribution in [0.5, 0.6) is 0 Å². The molecule has 2 unspecified atom stereocenters. The van der Waals surface area contributed by atoms with Gasteiger partial charge in [0.1, 0.15) is 12.0 Å². The maximum absolute atomic E-state index is 12.4. The number of nitrogens with zero attached hydrogens (tertiary/aromatic N) is 2. The summed E-state index contributed by atoms with van der Waals surface area (Å²) in [6, 6.07) is 0. The molecule has 0 radical (unpaired) electrons. The normalized spacial score (nSPS) is 23.7. The standard InChI is InChI=1S/C15H19N3O3S2/c1-9-7-22-14-12(9)17-8-18-13(14)15(19)16-6-11-3-4-23(20,21)10(2)5-11/h7-8,10-11H,3-6H2,1-2H3,(H,16,19). The number of amides is 1. The third-order valence-corrected chi connectivity index (χ3v) is 7.70. The summed E-state index contributed by atoms with van der Waals surface area (Å²) in [5.74, 6) is 0.177. The molecule has 23 heavy (non-hydrogen) atoms. The van der Waals surface area contributed by atoms with E-state index in [9.17, 15) is 13.2 Å². The van der Waals surface area contributed by atoms with Crippen molar-refractivity contribution in [3.63, 3.8) is 0 Å². The Hall–Kier alpha value is -1.54. The zero-order chi connectivity index (χ0) is 16.6. The molecule has 1 N–H and O–H groups in total. The van der Waals surface area contributed by atoms with Crippen LogP contribution < -0.4 is 5.32 Å². The second-order valence-electron chi connectivity index (χ2n) is 6.10. The number of fused-ring (bicyclic) bond motifs is 1. The van der Waals surface area contributed by atoms with Gasteiger partial charge in [0, 0.05) is 6.54 Å². The number of sulfone groups is 1. The van der Waals surface area contributed by atoms with Crippen molar-refractivity contribution in [2.45, 2.75) is 31.9 Å². The number of carbonyl (C=O) groups excluding carboxylic acids is 1. The minimum atomic E-state index is -2.94. The van der Waals surface area contributed by atoms with Crippen LogP contribution in [0.3, 0.4) is 0 Å². The van der Waals surface area contributed by atoms with Gasteiger partial charge in [-0.3, -0.25) is 4.79 Å². The van der Waals surface area contributed by atoms with E-state index >= 15 is 0 Å². The first-order chi connectivity index (χ1) is 10.9. The molecule has 2 aromatic heterocycles. The minimum absolute atomic E-state index is 0.194. The van der Waals surface area contributed by atoms with Gasteiger partial charge in [-0.1, -0.05) is 0 Å². The summed E-state index contributed by atoms with van der Waals surface area (Å²) >= 11 is 1.47. The number of hydrogen-bond donors (Lipinski definition) is 1. The van der Waals surface area contributed by atoms with E-state index in [-0.39, 0.29) is 22.8 Å². The average Bonchev–Trinajstić information content (AvgIpc) is 2.90. The van der Waals surface area contributed by atoms with E-state index in [1.54, 1.807) is 6.92 Å². The molecule has 0 saturated carbocycles. The molecule has 124 valence electrons. The van der Waals surface area contributed by atoms with Crippen LogP contribution in [0.15, 0.2) is 11.7 Å². The largest absolute Gasteiger partial charge is 0.350 e. The lowest BCUT2D eigenvalue weighted by atomic mass is 10.00. The highest BCUT2D eigenvalue weighted by Crippen LogP contribution is 2.26. The van der Waals surface area contributed by atoms with Gasteiger partial charge < -0.3 is 5.32 Å². The van der Waals surface area contributed by atoms with Crippen LogP contribution in [0.4, 0.5) is 0 Å². The van der Waals surface area contributed by atoms with E-state index in [2.05, 4.69) is 15.3 Å². The first-order valence-electron chi connectivity index (χ1n) is 7.57. The second kappa shape index (κ2) is 6.16. The molecule has 1 aliphatic rings. The zero-order valence-electron chi connectivity index (χ0n) is 13.1. The topological polar surface area (TPSA) is 89.0 Å². The van der Waals surface area contributed by atoms with Crippen LogP contribution in [0.2, 0.25) is 0 Å². The van der Waals surface area contributed by atoms with E-state index in [0.29, 0.717) is 25.1 Å². The average molecular weight is 353 g/mol. The first kappa shape index (κ1) is 16.3. The number of carbonyl (C=O) groups is 1. The van der Waals surface area contributed by atoms with E-state index in [0.717, 1.165) is 15.8 Å². The molecule has 1 aliphatic heterocycles. The summed E-state index contributed by atoms with van der Waals surface area (Å²) in [5, 5.41) is 4.53. The van der Waals surface area contributed by atoms with E-state index < -0.39 is 9.84 Å². The van der Waals surface area contributed by atoms with Gasteiger partial charge in [0.25, 0.3) is 5.91 Å². The fourth-order valence-electron chi connectivity index (χ4n) is 2.90. The van der Waals surface area contributed by atoms with Crippen molar-refractivity contribution in [2.24, 2.45) is 5.92 Å². The fourth-order valence-corrected chi connectivity index (χ4v) is 5.52. The number of hydrogen-bond acceptors (Lipinski definition) is 6. The van der Waals surface area contributed by atoms with Crippen molar-refractivity contribution in [1.82, 2.24) is 15.3 Å². The molecule has 2 atom stereocenters. The highest BCUT2D eigenvalue weighted by Gasteiger charge is 2.31. The van der Waals surface area contributed by atoms with Crippen molar-refractivity contribution in [3.8, 4) is 0 Å². The Morgan fingerprint density at radius 3 is 2.96 bits per heavy atom. The summed E-state index contributed by atoms with van der Waals surface area (Å²) in [5.41, 5.74) is 2.24. The predicted molar refractivity (Wildman–Crippen MR) is 90.5 cm³/mol. The van der Waals surface area contributed by atoms with Crippen molar-refractivity contribution >= 4 is 37.3 Å². The van der Waals surface area contributed by atoms with Gasteiger partial charge in [-0.15, -0.1) is 11.3 Å². The molecular formula is C15H19N3O3S2. The highest BCUT2D eigenvalue weighted by molar-refractivity contribution is 7.92. The third-order valence-electron chi connectivity index (χ3n) is 4.39. The van der Waals surface area contributed by atoms with E-state index in [1.165, 1.54) is 17.7 Å². The summed E-state index contributed by atoms with van der Waals surface area (Å²) in [6.07, 6.45) is 2.61. The van der Waals surface area contributed by atoms with Crippen molar-refractivity contribution in [2.75, 3.05) is 12.3 Å². The second-order valence-corrected chi connectivity index (χ2v) is 9.52. The lowest BCUT2D eigenvalue weighted by Crippen LogP contribution is -2.37. The van der Waals surface area contributed by atoms with Crippen LogP contribution in [-0.2, 0) is 9.84 Å². The molecule has 0 bridgehead atoms. The fraction of sp³-hybridized carbons (Fsp3) is 0.533. The van der Waals surface area contributed by atoms with Crippen LogP contribution in [-0.4, -0.2) is 41.8 Å². The van der Waals surface area contributed by atoms with Gasteiger partial charge in [-0.05, 0) is 43.6 Å². The van der Waals surface area contributed by atoms with Crippen molar-refractivity contribution in [3.05, 3.63) is 23.0 Å². The first-order valence-corrected chi connectivity index (χ1v) is 10.2. The Balaban J connectivity index is 1.68. The van der Waals surface area contributed by atoms with Crippen LogP contribution in [0, 0.1) is 12.8 Å². The lowest BCUT2D eigenvalue weighted by Gasteiger charge is -2.26. The third kappa shape index (κ3) is 3.23. The number of thiophene rings is 1. The molecule has 1 amide bonds. The van der Waals surface area contributed by atoms with Crippen LogP contribution >= 0.6 is 11.3 Å². The van der Waals surface area contributed by atoms with Gasteiger partial charge in [0.15, 0.2) is 9.84 Å². The molecule has 2 aromatic rings. The molecule has 0 aliphatic carbocycles. The molecule has 8 heteroatoms. The predicted octanol–water partition coefficient (Wildman–Crippen LogP) is 1.94. The molecule has 0 spiro atoms. The molecule has 3 rings (SSSR count). The number of rotatable bonds is 3. The molecule has 3 heterocycles. The smallest absolute Gasteiger partial charge is 0.271 e. The number of nitrogens with one attached hydrogen (secondary N) is 1. The maximum Gasteiger partial charge on any atom is 0.271 e. The summed E-state index contributed by atoms with van der Waals surface area (Å²) in [7, 11) is -2.94. The lowest BCUT2D eigenvalue weighted by molar-refractivity contribution is 0.0942. The summed E-state index contributed by atoms with van der Waals surface area (Å²) in [4.78, 5) is 20.7. The Kier molecular flexibility index (Phi) is 4.37. The molecule has 6 nitrogen and oxygen atoms in total. The minimum Gasteiger partial charge on any atom is -0.350 e. The molecule has 1 saturated heterocycles. The van der Waals surface area contributed by atoms with Crippen molar-refractivity contribution in [1.29, 1.82) is 0 Å². The van der Waals surface area contributed by atoms with Crippen molar-refractivity contribution < 1.29 is 13.2 Å².